The van der Waals surface area contributed by atoms with Gasteiger partial charge in [-0.25, -0.2) is 0 Å². The highest BCUT2D eigenvalue weighted by atomic mass is 35.5. The van der Waals surface area contributed by atoms with Crippen molar-refractivity contribution in [2.45, 2.75) is 13.0 Å². The van der Waals surface area contributed by atoms with Gasteiger partial charge in [-0.05, 0) is 19.1 Å². The smallest absolute Gasteiger partial charge is 0.254 e. The molecule has 0 bridgehead atoms. The third-order valence-corrected chi connectivity index (χ3v) is 3.67. The van der Waals surface area contributed by atoms with Crippen molar-refractivity contribution in [1.29, 1.82) is 0 Å². The maximum atomic E-state index is 12.7. The second-order valence-corrected chi connectivity index (χ2v) is 4.97. The minimum Gasteiger partial charge on any atom is -0.493 e. The highest BCUT2D eigenvalue weighted by Crippen LogP contribution is 2.38. The maximum absolute atomic E-state index is 12.7. The Balaban J connectivity index is 0.00000242. The lowest BCUT2D eigenvalue weighted by Gasteiger charge is -2.34. The van der Waals surface area contributed by atoms with Crippen LogP contribution in [0.25, 0.3) is 0 Å². The van der Waals surface area contributed by atoms with Gasteiger partial charge in [0.1, 0.15) is 0 Å². The number of rotatable bonds is 4. The van der Waals surface area contributed by atoms with Crippen LogP contribution in [0.4, 0.5) is 0 Å². The summed E-state index contributed by atoms with van der Waals surface area (Å²) in [5.74, 6) is 1.44. The van der Waals surface area contributed by atoms with E-state index < -0.39 is 0 Å². The number of piperazine rings is 1. The van der Waals surface area contributed by atoms with Gasteiger partial charge in [0.25, 0.3) is 5.91 Å². The number of methoxy groups -OCH3 is 3. The van der Waals surface area contributed by atoms with Crippen LogP contribution >= 0.6 is 12.4 Å². The van der Waals surface area contributed by atoms with E-state index in [9.17, 15) is 4.79 Å². The van der Waals surface area contributed by atoms with E-state index in [1.807, 2.05) is 11.8 Å². The fourth-order valence-corrected chi connectivity index (χ4v) is 2.51. The van der Waals surface area contributed by atoms with E-state index in [0.29, 0.717) is 29.4 Å². The van der Waals surface area contributed by atoms with Crippen LogP contribution in [-0.2, 0) is 0 Å². The number of hydrogen-bond acceptors (Lipinski definition) is 5. The molecule has 0 aliphatic carbocycles. The van der Waals surface area contributed by atoms with Crippen LogP contribution in [0.15, 0.2) is 12.1 Å². The Morgan fingerprint density at radius 2 is 1.77 bits per heavy atom. The Bertz CT molecular complexity index is 499. The first kappa shape index (κ1) is 18.4. The lowest BCUT2D eigenvalue weighted by molar-refractivity contribution is 0.0655. The van der Waals surface area contributed by atoms with E-state index in [2.05, 4.69) is 5.32 Å². The van der Waals surface area contributed by atoms with E-state index in [-0.39, 0.29) is 24.4 Å². The summed E-state index contributed by atoms with van der Waals surface area (Å²) in [6.07, 6.45) is 0. The molecule has 1 fully saturated rings. The Kier molecular flexibility index (Phi) is 6.77. The highest BCUT2D eigenvalue weighted by Gasteiger charge is 2.26. The number of carbonyl (C=O) groups excluding carboxylic acids is 1. The van der Waals surface area contributed by atoms with Gasteiger partial charge in [-0.3, -0.25) is 4.79 Å². The lowest BCUT2D eigenvalue weighted by atomic mass is 10.1. The summed E-state index contributed by atoms with van der Waals surface area (Å²) in [5.41, 5.74) is 0.540. The van der Waals surface area contributed by atoms with E-state index in [0.717, 1.165) is 13.1 Å². The van der Waals surface area contributed by atoms with Crippen molar-refractivity contribution in [2.75, 3.05) is 41.0 Å². The van der Waals surface area contributed by atoms with Crippen molar-refractivity contribution in [1.82, 2.24) is 10.2 Å². The number of benzene rings is 1. The average molecular weight is 331 g/mol. The van der Waals surface area contributed by atoms with Crippen LogP contribution in [0, 0.1) is 0 Å². The zero-order valence-corrected chi connectivity index (χ0v) is 14.2. The van der Waals surface area contributed by atoms with Gasteiger partial charge >= 0.3 is 0 Å². The molecule has 0 spiro atoms. The van der Waals surface area contributed by atoms with Crippen LogP contribution in [0.5, 0.6) is 17.2 Å². The van der Waals surface area contributed by atoms with Gasteiger partial charge < -0.3 is 24.4 Å². The molecule has 0 aromatic heterocycles. The zero-order valence-electron chi connectivity index (χ0n) is 13.3. The number of nitrogens with one attached hydrogen (secondary N) is 1. The Morgan fingerprint density at radius 3 is 2.23 bits per heavy atom. The first-order valence-electron chi connectivity index (χ1n) is 6.94. The Hall–Kier alpha value is -1.66. The zero-order chi connectivity index (χ0) is 15.4. The molecule has 0 unspecified atom stereocenters. The van der Waals surface area contributed by atoms with E-state index in [1.54, 1.807) is 33.5 Å². The monoisotopic (exact) mass is 330 g/mol. The summed E-state index contributed by atoms with van der Waals surface area (Å²) in [6.45, 7) is 4.33. The summed E-state index contributed by atoms with van der Waals surface area (Å²) in [7, 11) is 4.62. The van der Waals surface area contributed by atoms with Gasteiger partial charge in [0.05, 0.1) is 21.3 Å². The summed E-state index contributed by atoms with van der Waals surface area (Å²) in [5, 5.41) is 3.27. The first-order chi connectivity index (χ1) is 10.1. The van der Waals surface area contributed by atoms with Crippen molar-refractivity contribution in [3.8, 4) is 17.2 Å². The van der Waals surface area contributed by atoms with Gasteiger partial charge in [0, 0.05) is 31.2 Å². The fraction of sp³-hybridized carbons (Fsp3) is 0.533. The predicted molar refractivity (Wildman–Crippen MR) is 86.7 cm³/mol. The van der Waals surface area contributed by atoms with Crippen molar-refractivity contribution in [2.24, 2.45) is 0 Å². The molecule has 1 atom stereocenters. The van der Waals surface area contributed by atoms with Crippen molar-refractivity contribution < 1.29 is 19.0 Å². The summed E-state index contributed by atoms with van der Waals surface area (Å²) in [6, 6.07) is 3.54. The standard InChI is InChI=1S/C15H22N2O4.ClH/c1-10-9-16-5-6-17(10)15(18)11-7-12(19-2)14(21-4)13(8-11)20-3;/h7-8,10,16H,5-6,9H2,1-4H3;1H/t10-;/m1./s1. The molecule has 124 valence electrons. The van der Waals surface area contributed by atoms with Gasteiger partial charge in [-0.1, -0.05) is 0 Å². The summed E-state index contributed by atoms with van der Waals surface area (Å²) < 4.78 is 15.9. The average Bonchev–Trinajstić information content (AvgIpc) is 2.53. The quantitative estimate of drug-likeness (QED) is 0.908. The molecule has 1 amide bonds. The van der Waals surface area contributed by atoms with Crippen LogP contribution in [0.1, 0.15) is 17.3 Å². The molecular formula is C15H23ClN2O4. The number of hydrogen-bond donors (Lipinski definition) is 1. The van der Waals surface area contributed by atoms with E-state index in [4.69, 9.17) is 14.2 Å². The molecule has 22 heavy (non-hydrogen) atoms. The number of ether oxygens (including phenoxy) is 3. The topological polar surface area (TPSA) is 60.0 Å². The minimum atomic E-state index is -0.0248. The van der Waals surface area contributed by atoms with Gasteiger partial charge in [-0.15, -0.1) is 12.4 Å². The molecule has 2 rings (SSSR count). The number of halogens is 1. The molecule has 7 heteroatoms. The first-order valence-corrected chi connectivity index (χ1v) is 6.94. The Morgan fingerprint density at radius 1 is 1.18 bits per heavy atom. The third-order valence-electron chi connectivity index (χ3n) is 3.67. The van der Waals surface area contributed by atoms with Gasteiger partial charge in [-0.2, -0.15) is 0 Å². The second kappa shape index (κ2) is 8.10. The second-order valence-electron chi connectivity index (χ2n) is 4.97. The number of amides is 1. The van der Waals surface area contributed by atoms with Gasteiger partial charge in [0.15, 0.2) is 11.5 Å². The molecule has 0 radical (unpaired) electrons. The lowest BCUT2D eigenvalue weighted by Crippen LogP contribution is -2.52. The molecule has 6 nitrogen and oxygen atoms in total. The van der Waals surface area contributed by atoms with Crippen LogP contribution in [0.2, 0.25) is 0 Å². The molecule has 0 saturated carbocycles. The van der Waals surface area contributed by atoms with Crippen molar-refractivity contribution in [3.05, 3.63) is 17.7 Å². The molecular weight excluding hydrogens is 308 g/mol. The number of nitrogens with zero attached hydrogens (tertiary/aromatic N) is 1. The normalized spacial score (nSPS) is 17.5. The van der Waals surface area contributed by atoms with Crippen LogP contribution in [0.3, 0.4) is 0 Å². The molecule has 1 aliphatic heterocycles. The SMILES string of the molecule is COc1cc(C(=O)N2CCNC[C@H]2C)cc(OC)c1OC.Cl. The molecule has 1 aromatic carbocycles. The van der Waals surface area contributed by atoms with E-state index in [1.165, 1.54) is 0 Å². The molecule has 1 aliphatic rings. The predicted octanol–water partition coefficient (Wildman–Crippen LogP) is 1.57. The summed E-state index contributed by atoms with van der Waals surface area (Å²) >= 11 is 0. The van der Waals surface area contributed by atoms with Crippen molar-refractivity contribution in [3.63, 3.8) is 0 Å². The summed E-state index contributed by atoms with van der Waals surface area (Å²) in [4.78, 5) is 14.6. The molecule has 1 saturated heterocycles. The molecule has 1 N–H and O–H groups in total. The van der Waals surface area contributed by atoms with Crippen LogP contribution < -0.4 is 19.5 Å². The number of carbonyl (C=O) groups is 1. The fourth-order valence-electron chi connectivity index (χ4n) is 2.51. The minimum absolute atomic E-state index is 0. The van der Waals surface area contributed by atoms with Crippen LogP contribution in [-0.4, -0.2) is 57.8 Å². The third kappa shape index (κ3) is 3.56. The highest BCUT2D eigenvalue weighted by molar-refractivity contribution is 5.96. The van der Waals surface area contributed by atoms with Gasteiger partial charge in [0.2, 0.25) is 5.75 Å². The van der Waals surface area contributed by atoms with E-state index >= 15 is 0 Å². The Labute approximate surface area is 137 Å². The molecule has 1 aromatic rings. The largest absolute Gasteiger partial charge is 0.493 e. The maximum Gasteiger partial charge on any atom is 0.254 e. The van der Waals surface area contributed by atoms with Crippen molar-refractivity contribution >= 4 is 18.3 Å². The molecule has 1 heterocycles.